The maximum atomic E-state index is 10.9. The van der Waals surface area contributed by atoms with Gasteiger partial charge >= 0.3 is 0 Å². The fourth-order valence-electron chi connectivity index (χ4n) is 0.572. The van der Waals surface area contributed by atoms with E-state index in [0.29, 0.717) is 0 Å². The van der Waals surface area contributed by atoms with E-state index >= 15 is 0 Å². The van der Waals surface area contributed by atoms with E-state index < -0.39 is 31.6 Å². The van der Waals surface area contributed by atoms with E-state index in [1.807, 2.05) is 0 Å². The number of nitrogens with one attached hydrogen (secondary N) is 1. The van der Waals surface area contributed by atoms with Crippen LogP contribution in [0.2, 0.25) is 0 Å². The van der Waals surface area contributed by atoms with Crippen molar-refractivity contribution in [2.45, 2.75) is 0 Å². The summed E-state index contributed by atoms with van der Waals surface area (Å²) in [5.74, 6) is -0.854. The third kappa shape index (κ3) is 5.56. The first-order valence-electron chi connectivity index (χ1n) is 3.29. The largest absolute Gasteiger partial charge is 0.228 e. The van der Waals surface area contributed by atoms with Gasteiger partial charge in [0.1, 0.15) is 0 Å². The van der Waals surface area contributed by atoms with Crippen molar-refractivity contribution < 1.29 is 16.8 Å². The minimum absolute atomic E-state index is 0.427. The molecule has 0 rings (SSSR count). The third-order valence-corrected chi connectivity index (χ3v) is 4.31. The molecule has 0 atom stereocenters. The summed E-state index contributed by atoms with van der Waals surface area (Å²) >= 11 is 0. The van der Waals surface area contributed by atoms with Crippen molar-refractivity contribution >= 4 is 20.0 Å². The molecular weight excluding hydrogens is 214 g/mol. The highest BCUT2D eigenvalue weighted by atomic mass is 32.3. The lowest BCUT2D eigenvalue weighted by atomic mass is 10.8. The van der Waals surface area contributed by atoms with Crippen molar-refractivity contribution in [3.8, 4) is 0 Å². The minimum atomic E-state index is -3.82. The van der Waals surface area contributed by atoms with Crippen LogP contribution < -0.4 is 4.13 Å². The summed E-state index contributed by atoms with van der Waals surface area (Å²) < 4.78 is 45.2. The minimum Gasteiger partial charge on any atom is -0.211 e. The fourth-order valence-corrected chi connectivity index (χ4v) is 3.28. The molecule has 0 spiro atoms. The highest BCUT2D eigenvalue weighted by Gasteiger charge is 2.17. The van der Waals surface area contributed by atoms with Gasteiger partial charge in [0.15, 0.2) is 0 Å². The van der Waals surface area contributed by atoms with E-state index in [1.54, 1.807) is 0 Å². The third-order valence-electron chi connectivity index (χ3n) is 0.928. The average Bonchev–Trinajstić information content (AvgIpc) is 1.82. The van der Waals surface area contributed by atoms with Crippen LogP contribution in [-0.4, -0.2) is 28.3 Å². The molecule has 0 aromatic rings. The second-order valence-electron chi connectivity index (χ2n) is 2.22. The zero-order valence-electron chi connectivity index (χ0n) is 6.93. The van der Waals surface area contributed by atoms with Gasteiger partial charge in [-0.2, -0.15) is 0 Å². The van der Waals surface area contributed by atoms with Crippen LogP contribution in [0.5, 0.6) is 0 Å². The smallest absolute Gasteiger partial charge is 0.211 e. The van der Waals surface area contributed by atoms with Crippen molar-refractivity contribution in [2.24, 2.45) is 0 Å². The molecule has 0 fully saturated rings. The number of hydrogen-bond donors (Lipinski definition) is 1. The van der Waals surface area contributed by atoms with Crippen molar-refractivity contribution in [2.75, 3.05) is 11.5 Å². The molecule has 0 radical (unpaired) electrons. The Labute approximate surface area is 78.3 Å². The van der Waals surface area contributed by atoms with Crippen LogP contribution in [0.4, 0.5) is 0 Å². The van der Waals surface area contributed by atoms with Crippen LogP contribution in [0.15, 0.2) is 25.3 Å². The molecule has 1 N–H and O–H groups in total. The maximum absolute atomic E-state index is 10.9. The Kier molecular flexibility index (Phi) is 4.31. The molecule has 0 aromatic heterocycles. The highest BCUT2D eigenvalue weighted by Crippen LogP contribution is 1.91. The van der Waals surface area contributed by atoms with E-state index in [2.05, 4.69) is 13.2 Å². The summed E-state index contributed by atoms with van der Waals surface area (Å²) in [6.45, 7) is 6.38. The van der Waals surface area contributed by atoms with E-state index in [1.165, 1.54) is 4.13 Å². The lowest BCUT2D eigenvalue weighted by Gasteiger charge is -2.02. The van der Waals surface area contributed by atoms with Gasteiger partial charge in [-0.15, -0.1) is 17.3 Å². The molecular formula is C6H11NO4S2. The molecule has 0 heterocycles. The second kappa shape index (κ2) is 4.54. The van der Waals surface area contributed by atoms with Crippen LogP contribution in [0, 0.1) is 0 Å². The SMILES string of the molecule is C=CCS(=O)(=O)NS(=O)(=O)CC=C. The molecule has 0 amide bonds. The summed E-state index contributed by atoms with van der Waals surface area (Å²) in [5.41, 5.74) is 0. The first-order chi connectivity index (χ1) is 5.83. The first-order valence-corrected chi connectivity index (χ1v) is 6.59. The first kappa shape index (κ1) is 12.3. The Morgan fingerprint density at radius 2 is 1.23 bits per heavy atom. The number of sulfonamides is 2. The maximum Gasteiger partial charge on any atom is 0.228 e. The monoisotopic (exact) mass is 225 g/mol. The zero-order chi connectivity index (χ0) is 10.5. The molecule has 0 aliphatic rings. The Hall–Kier alpha value is -0.660. The van der Waals surface area contributed by atoms with Gasteiger partial charge in [0, 0.05) is 0 Å². The molecule has 0 saturated carbocycles. The normalized spacial score (nSPS) is 12.3. The zero-order valence-corrected chi connectivity index (χ0v) is 8.57. The fraction of sp³-hybridized carbons (Fsp3) is 0.333. The van der Waals surface area contributed by atoms with E-state index in [0.717, 1.165) is 12.2 Å². The molecule has 0 aromatic carbocycles. The van der Waals surface area contributed by atoms with Gasteiger partial charge in [0.05, 0.1) is 11.5 Å². The summed E-state index contributed by atoms with van der Waals surface area (Å²) in [7, 11) is -7.63. The molecule has 13 heavy (non-hydrogen) atoms. The standard InChI is InChI=1S/C6H11NO4S2/c1-3-5-12(8,9)7-13(10,11)6-4-2/h3-4,7H,1-2,5-6H2. The van der Waals surface area contributed by atoms with Crippen molar-refractivity contribution in [1.82, 2.24) is 4.13 Å². The molecule has 0 aliphatic heterocycles. The van der Waals surface area contributed by atoms with E-state index in [4.69, 9.17) is 0 Å². The average molecular weight is 225 g/mol. The summed E-state index contributed by atoms with van der Waals surface area (Å²) in [5, 5.41) is 0. The van der Waals surface area contributed by atoms with Gasteiger partial charge in [-0.3, -0.25) is 0 Å². The quantitative estimate of drug-likeness (QED) is 0.624. The van der Waals surface area contributed by atoms with Gasteiger partial charge in [0.25, 0.3) is 0 Å². The summed E-state index contributed by atoms with van der Waals surface area (Å²) in [4.78, 5) is 0. The van der Waals surface area contributed by atoms with Crippen molar-refractivity contribution in [3.05, 3.63) is 25.3 Å². The predicted octanol–water partition coefficient (Wildman–Crippen LogP) is -0.392. The Bertz CT molecular complexity index is 341. The van der Waals surface area contributed by atoms with Crippen molar-refractivity contribution in [1.29, 1.82) is 0 Å². The highest BCUT2D eigenvalue weighted by molar-refractivity contribution is 8.04. The summed E-state index contributed by atoms with van der Waals surface area (Å²) in [6, 6.07) is 0. The molecule has 76 valence electrons. The van der Waals surface area contributed by atoms with Gasteiger partial charge in [0.2, 0.25) is 20.0 Å². The molecule has 7 heteroatoms. The van der Waals surface area contributed by atoms with E-state index in [9.17, 15) is 16.8 Å². The Balaban J connectivity index is 4.62. The predicted molar refractivity (Wildman–Crippen MR) is 51.1 cm³/mol. The van der Waals surface area contributed by atoms with Gasteiger partial charge < -0.3 is 0 Å². The van der Waals surface area contributed by atoms with E-state index in [-0.39, 0.29) is 0 Å². The number of hydrogen-bond acceptors (Lipinski definition) is 4. The van der Waals surface area contributed by atoms with Crippen molar-refractivity contribution in [3.63, 3.8) is 0 Å². The lowest BCUT2D eigenvalue weighted by molar-refractivity contribution is 0.580. The molecule has 0 saturated heterocycles. The molecule has 0 bridgehead atoms. The molecule has 0 aliphatic carbocycles. The van der Waals surface area contributed by atoms with Gasteiger partial charge in [-0.1, -0.05) is 12.2 Å². The van der Waals surface area contributed by atoms with Crippen LogP contribution in [-0.2, 0) is 20.0 Å². The summed E-state index contributed by atoms with van der Waals surface area (Å²) in [6.07, 6.45) is 2.21. The lowest BCUT2D eigenvalue weighted by Crippen LogP contribution is -2.33. The number of rotatable bonds is 6. The van der Waals surface area contributed by atoms with Crippen LogP contribution >= 0.6 is 0 Å². The van der Waals surface area contributed by atoms with Gasteiger partial charge in [-0.05, 0) is 0 Å². The van der Waals surface area contributed by atoms with Crippen LogP contribution in [0.25, 0.3) is 0 Å². The van der Waals surface area contributed by atoms with Crippen LogP contribution in [0.3, 0.4) is 0 Å². The molecule has 5 nitrogen and oxygen atoms in total. The van der Waals surface area contributed by atoms with Gasteiger partial charge in [-0.25, -0.2) is 16.8 Å². The Morgan fingerprint density at radius 3 is 1.46 bits per heavy atom. The van der Waals surface area contributed by atoms with Crippen LogP contribution in [0.1, 0.15) is 0 Å². The second-order valence-corrected chi connectivity index (χ2v) is 6.02. The molecule has 0 unspecified atom stereocenters. The Morgan fingerprint density at radius 1 is 0.923 bits per heavy atom. The topological polar surface area (TPSA) is 80.3 Å².